The van der Waals surface area contributed by atoms with Gasteiger partial charge in [-0.1, -0.05) is 41.7 Å². The summed E-state index contributed by atoms with van der Waals surface area (Å²) in [5.74, 6) is -1.96. The van der Waals surface area contributed by atoms with E-state index in [0.29, 0.717) is 23.4 Å². The summed E-state index contributed by atoms with van der Waals surface area (Å²) >= 11 is 1.04. The minimum Gasteiger partial charge on any atom is -0.462 e. The van der Waals surface area contributed by atoms with Crippen molar-refractivity contribution in [3.63, 3.8) is 0 Å². The zero-order chi connectivity index (χ0) is 26.7. The number of aryl methyl sites for hydroxylation is 1. The molecule has 11 nitrogen and oxygen atoms in total. The SMILES string of the molecule is CCOC(=O)c1sc(NC(=O)C2CCN(S(=O)(=O)c3cc(C(N)=O)n(C)c3)CC2)nc1-c1ccccc1. The van der Waals surface area contributed by atoms with Gasteiger partial charge in [-0.05, 0) is 25.8 Å². The maximum Gasteiger partial charge on any atom is 0.350 e. The molecule has 0 saturated carbocycles. The molecule has 196 valence electrons. The number of carbonyl (C=O) groups excluding carboxylic acids is 3. The van der Waals surface area contributed by atoms with Crippen LogP contribution in [-0.2, 0) is 26.6 Å². The van der Waals surface area contributed by atoms with Gasteiger partial charge in [-0.2, -0.15) is 4.31 Å². The summed E-state index contributed by atoms with van der Waals surface area (Å²) in [5, 5.41) is 3.05. The quantitative estimate of drug-likeness (QED) is 0.412. The molecular formula is C24H27N5O6S2. The molecule has 37 heavy (non-hydrogen) atoms. The summed E-state index contributed by atoms with van der Waals surface area (Å²) < 4.78 is 33.9. The van der Waals surface area contributed by atoms with Gasteiger partial charge >= 0.3 is 5.97 Å². The fourth-order valence-corrected chi connectivity index (χ4v) is 6.56. The molecule has 0 atom stereocenters. The number of nitrogens with one attached hydrogen (secondary N) is 1. The number of thiazole rings is 1. The van der Waals surface area contributed by atoms with Crippen LogP contribution in [0.3, 0.4) is 0 Å². The number of sulfonamides is 1. The van der Waals surface area contributed by atoms with Crippen LogP contribution >= 0.6 is 11.3 Å². The van der Waals surface area contributed by atoms with E-state index in [2.05, 4.69) is 10.3 Å². The lowest BCUT2D eigenvalue weighted by Gasteiger charge is -2.30. The average Bonchev–Trinajstić information content (AvgIpc) is 3.49. The second-order valence-corrected chi connectivity index (χ2v) is 11.4. The number of piperidine rings is 1. The second kappa shape index (κ2) is 10.8. The number of hydrogen-bond acceptors (Lipinski definition) is 8. The maximum absolute atomic E-state index is 13.0. The van der Waals surface area contributed by atoms with Gasteiger partial charge in [0.1, 0.15) is 15.5 Å². The zero-order valence-electron chi connectivity index (χ0n) is 20.3. The Balaban J connectivity index is 1.45. The van der Waals surface area contributed by atoms with Gasteiger partial charge in [-0.25, -0.2) is 18.2 Å². The summed E-state index contributed by atoms with van der Waals surface area (Å²) in [6.07, 6.45) is 1.96. The Bertz CT molecular complexity index is 1420. The number of aromatic nitrogens is 2. The zero-order valence-corrected chi connectivity index (χ0v) is 22.0. The first-order valence-corrected chi connectivity index (χ1v) is 13.9. The van der Waals surface area contributed by atoms with Gasteiger partial charge in [0.15, 0.2) is 5.13 Å². The highest BCUT2D eigenvalue weighted by Gasteiger charge is 2.34. The van der Waals surface area contributed by atoms with Gasteiger partial charge in [-0.3, -0.25) is 9.59 Å². The fraction of sp³-hybridized carbons (Fsp3) is 0.333. The largest absolute Gasteiger partial charge is 0.462 e. The van der Waals surface area contributed by atoms with Crippen LogP contribution < -0.4 is 11.1 Å². The molecule has 3 N–H and O–H groups in total. The Morgan fingerprint density at radius 2 is 1.86 bits per heavy atom. The molecule has 4 rings (SSSR count). The summed E-state index contributed by atoms with van der Waals surface area (Å²) in [4.78, 5) is 41.7. The molecule has 0 unspecified atom stereocenters. The lowest BCUT2D eigenvalue weighted by Crippen LogP contribution is -2.41. The minimum absolute atomic E-state index is 0.0191. The smallest absolute Gasteiger partial charge is 0.350 e. The van der Waals surface area contributed by atoms with Crippen LogP contribution in [0.1, 0.15) is 39.9 Å². The molecule has 0 spiro atoms. The minimum atomic E-state index is -3.84. The van der Waals surface area contributed by atoms with E-state index in [1.165, 1.54) is 21.1 Å². The van der Waals surface area contributed by atoms with Crippen molar-refractivity contribution in [3.8, 4) is 11.3 Å². The molecule has 0 bridgehead atoms. The molecule has 1 aliphatic heterocycles. The average molecular weight is 546 g/mol. The Morgan fingerprint density at radius 1 is 1.19 bits per heavy atom. The topological polar surface area (TPSA) is 154 Å². The Labute approximate surface area is 218 Å². The number of nitrogens with zero attached hydrogens (tertiary/aromatic N) is 3. The van der Waals surface area contributed by atoms with Crippen LogP contribution in [0.2, 0.25) is 0 Å². The van der Waals surface area contributed by atoms with Crippen molar-refractivity contribution in [1.29, 1.82) is 0 Å². The lowest BCUT2D eigenvalue weighted by molar-refractivity contribution is -0.120. The first kappa shape index (κ1) is 26.5. The second-order valence-electron chi connectivity index (χ2n) is 8.49. The van der Waals surface area contributed by atoms with Crippen molar-refractivity contribution in [2.75, 3.05) is 25.0 Å². The number of ether oxygens (including phenoxy) is 1. The predicted octanol–water partition coefficient (Wildman–Crippen LogP) is 2.46. The van der Waals surface area contributed by atoms with Crippen molar-refractivity contribution in [3.05, 3.63) is 53.2 Å². The van der Waals surface area contributed by atoms with Crippen LogP contribution in [-0.4, -0.2) is 59.8 Å². The molecule has 1 aliphatic rings. The van der Waals surface area contributed by atoms with Crippen molar-refractivity contribution in [2.24, 2.45) is 18.7 Å². The van der Waals surface area contributed by atoms with Crippen molar-refractivity contribution < 1.29 is 27.5 Å². The molecule has 2 amide bonds. The van der Waals surface area contributed by atoms with E-state index in [-0.39, 0.29) is 41.3 Å². The molecule has 0 aliphatic carbocycles. The highest BCUT2D eigenvalue weighted by atomic mass is 32.2. The normalized spacial score (nSPS) is 14.9. The van der Waals surface area contributed by atoms with E-state index in [4.69, 9.17) is 10.5 Å². The summed E-state index contributed by atoms with van der Waals surface area (Å²) in [7, 11) is -2.30. The number of rotatable bonds is 8. The van der Waals surface area contributed by atoms with E-state index >= 15 is 0 Å². The Morgan fingerprint density at radius 3 is 2.46 bits per heavy atom. The van der Waals surface area contributed by atoms with Crippen molar-refractivity contribution in [2.45, 2.75) is 24.7 Å². The van der Waals surface area contributed by atoms with Gasteiger partial charge in [0.2, 0.25) is 15.9 Å². The molecule has 0 radical (unpaired) electrons. The van der Waals surface area contributed by atoms with E-state index < -0.39 is 27.8 Å². The van der Waals surface area contributed by atoms with Gasteiger partial charge in [0.05, 0.1) is 12.3 Å². The van der Waals surface area contributed by atoms with Crippen LogP contribution in [0.25, 0.3) is 11.3 Å². The molecule has 3 aromatic rings. The van der Waals surface area contributed by atoms with Gasteiger partial charge < -0.3 is 20.4 Å². The molecule has 1 saturated heterocycles. The maximum atomic E-state index is 13.0. The van der Waals surface area contributed by atoms with Crippen LogP contribution in [0.4, 0.5) is 5.13 Å². The van der Waals surface area contributed by atoms with Crippen LogP contribution in [0.15, 0.2) is 47.5 Å². The number of nitrogens with two attached hydrogens (primary N) is 1. The highest BCUT2D eigenvalue weighted by molar-refractivity contribution is 7.89. The van der Waals surface area contributed by atoms with Gasteiger partial charge in [0, 0.05) is 37.8 Å². The number of amides is 2. The van der Waals surface area contributed by atoms with Crippen molar-refractivity contribution in [1.82, 2.24) is 13.9 Å². The lowest BCUT2D eigenvalue weighted by atomic mass is 9.97. The van der Waals surface area contributed by atoms with E-state index in [0.717, 1.165) is 16.9 Å². The molecule has 1 aromatic carbocycles. The third-order valence-electron chi connectivity index (χ3n) is 6.06. The summed E-state index contributed by atoms with van der Waals surface area (Å²) in [5.41, 5.74) is 6.54. The molecule has 13 heteroatoms. The van der Waals surface area contributed by atoms with Crippen LogP contribution in [0.5, 0.6) is 0 Å². The summed E-state index contributed by atoms with van der Waals surface area (Å²) in [6, 6.07) is 10.4. The summed E-state index contributed by atoms with van der Waals surface area (Å²) in [6.45, 7) is 2.21. The molecule has 1 fully saturated rings. The van der Waals surface area contributed by atoms with Gasteiger partial charge in [-0.15, -0.1) is 0 Å². The van der Waals surface area contributed by atoms with E-state index in [9.17, 15) is 22.8 Å². The monoisotopic (exact) mass is 545 g/mol. The first-order valence-electron chi connectivity index (χ1n) is 11.6. The number of primary amides is 1. The standard InChI is InChI=1S/C24H27N5O6S2/c1-3-35-23(32)20-19(15-7-5-4-6-8-15)26-24(36-20)27-22(31)16-9-11-29(12-10-16)37(33,34)17-13-18(21(25)30)28(2)14-17/h4-8,13-14,16H,3,9-12H2,1-2H3,(H2,25,30)(H,26,27,31). The van der Waals surface area contributed by atoms with E-state index in [1.807, 2.05) is 30.3 Å². The van der Waals surface area contributed by atoms with Crippen LogP contribution in [0, 0.1) is 5.92 Å². The number of benzene rings is 1. The molecular weight excluding hydrogens is 518 g/mol. The number of esters is 1. The third-order valence-corrected chi connectivity index (χ3v) is 8.87. The molecule has 3 heterocycles. The highest BCUT2D eigenvalue weighted by Crippen LogP contribution is 2.33. The number of carbonyl (C=O) groups is 3. The first-order chi connectivity index (χ1) is 17.6. The Kier molecular flexibility index (Phi) is 7.76. The predicted molar refractivity (Wildman–Crippen MR) is 138 cm³/mol. The number of anilines is 1. The Hall–Kier alpha value is -3.55. The van der Waals surface area contributed by atoms with Gasteiger partial charge in [0.25, 0.3) is 5.91 Å². The van der Waals surface area contributed by atoms with E-state index in [1.54, 1.807) is 14.0 Å². The number of hydrogen-bond donors (Lipinski definition) is 2. The molecule has 2 aromatic heterocycles. The fourth-order valence-electron chi connectivity index (χ4n) is 4.14. The third kappa shape index (κ3) is 5.58. The van der Waals surface area contributed by atoms with Crippen molar-refractivity contribution >= 4 is 44.3 Å².